The highest BCUT2D eigenvalue weighted by atomic mass is 35.5. The van der Waals surface area contributed by atoms with Gasteiger partial charge in [0, 0.05) is 0 Å². The molecule has 0 aromatic heterocycles. The summed E-state index contributed by atoms with van der Waals surface area (Å²) in [6.07, 6.45) is 10.5. The maximum atomic E-state index is 5.89. The lowest BCUT2D eigenvalue weighted by molar-refractivity contribution is 0.727. The molecule has 0 aliphatic carbocycles. The molecule has 0 saturated carbocycles. The molecule has 0 spiro atoms. The average molecular weight is 175 g/mol. The molecule has 0 bridgehead atoms. The van der Waals surface area contributed by atoms with Gasteiger partial charge in [0.2, 0.25) is 0 Å². The molecule has 66 valence electrons. The highest BCUT2D eigenvalue weighted by Crippen LogP contribution is 2.05. The molecule has 0 aromatic rings. The van der Waals surface area contributed by atoms with E-state index in [0.29, 0.717) is 0 Å². The van der Waals surface area contributed by atoms with Gasteiger partial charge in [-0.15, -0.1) is 11.6 Å². The summed E-state index contributed by atoms with van der Waals surface area (Å²) in [5.41, 5.74) is 0. The second kappa shape index (κ2) is 8.13. The Hall–Kier alpha value is 0.0300. The Morgan fingerprint density at radius 3 is 2.55 bits per heavy atom. The van der Waals surface area contributed by atoms with E-state index >= 15 is 0 Å². The lowest BCUT2D eigenvalue weighted by atomic mass is 10.2. The van der Waals surface area contributed by atoms with Gasteiger partial charge in [-0.3, -0.25) is 0 Å². The Bertz CT molecular complexity index is 97.0. The smallest absolute Gasteiger partial charge is 0.0513 e. The highest BCUT2D eigenvalue weighted by molar-refractivity contribution is 6.21. The van der Waals surface area contributed by atoms with Crippen LogP contribution in [0.3, 0.4) is 0 Å². The van der Waals surface area contributed by atoms with E-state index in [1.54, 1.807) is 0 Å². The topological polar surface area (TPSA) is 0 Å². The first-order valence-corrected chi connectivity index (χ1v) is 5.05. The van der Waals surface area contributed by atoms with E-state index in [-0.39, 0.29) is 5.38 Å². The molecule has 0 radical (unpaired) electrons. The lowest BCUT2D eigenvalue weighted by Crippen LogP contribution is -1.87. The Morgan fingerprint density at radius 2 is 2.00 bits per heavy atom. The molecule has 0 heterocycles. The van der Waals surface area contributed by atoms with Crippen molar-refractivity contribution in [2.24, 2.45) is 0 Å². The Balaban J connectivity index is 3.15. The molecular weight excluding hydrogens is 156 g/mol. The zero-order chi connectivity index (χ0) is 8.53. The van der Waals surface area contributed by atoms with Gasteiger partial charge in [0.15, 0.2) is 0 Å². The van der Waals surface area contributed by atoms with Gasteiger partial charge in [-0.2, -0.15) is 0 Å². The zero-order valence-corrected chi connectivity index (χ0v) is 8.40. The molecule has 0 aliphatic heterocycles. The van der Waals surface area contributed by atoms with E-state index in [1.165, 1.54) is 25.7 Å². The van der Waals surface area contributed by atoms with E-state index in [1.807, 2.05) is 0 Å². The third kappa shape index (κ3) is 7.93. The highest BCUT2D eigenvalue weighted by Gasteiger charge is 1.91. The van der Waals surface area contributed by atoms with Crippen molar-refractivity contribution in [2.45, 2.75) is 51.3 Å². The van der Waals surface area contributed by atoms with Crippen LogP contribution in [0.2, 0.25) is 0 Å². The van der Waals surface area contributed by atoms with Crippen molar-refractivity contribution in [1.29, 1.82) is 0 Å². The SMILES string of the molecule is CCCCC/C=C/C(Cl)CC. The predicted octanol–water partition coefficient (Wildman–Crippen LogP) is 4.14. The monoisotopic (exact) mass is 174 g/mol. The van der Waals surface area contributed by atoms with Gasteiger partial charge >= 0.3 is 0 Å². The summed E-state index contributed by atoms with van der Waals surface area (Å²) in [7, 11) is 0. The molecule has 0 amide bonds. The Labute approximate surface area is 75.6 Å². The maximum absolute atomic E-state index is 5.89. The molecule has 1 atom stereocenters. The van der Waals surface area contributed by atoms with Gasteiger partial charge < -0.3 is 0 Å². The number of allylic oxidation sites excluding steroid dienone is 2. The van der Waals surface area contributed by atoms with Gasteiger partial charge in [0.25, 0.3) is 0 Å². The first kappa shape index (κ1) is 11.0. The van der Waals surface area contributed by atoms with E-state index in [2.05, 4.69) is 26.0 Å². The first-order valence-electron chi connectivity index (χ1n) is 4.62. The van der Waals surface area contributed by atoms with Gasteiger partial charge in [0.1, 0.15) is 0 Å². The molecule has 11 heavy (non-hydrogen) atoms. The largest absolute Gasteiger partial charge is 0.118 e. The first-order chi connectivity index (χ1) is 5.31. The summed E-state index contributed by atoms with van der Waals surface area (Å²) in [6, 6.07) is 0. The quantitative estimate of drug-likeness (QED) is 0.323. The zero-order valence-electron chi connectivity index (χ0n) is 7.65. The number of rotatable bonds is 6. The van der Waals surface area contributed by atoms with Crippen molar-refractivity contribution in [3.63, 3.8) is 0 Å². The molecule has 1 heteroatoms. The summed E-state index contributed by atoms with van der Waals surface area (Å²) >= 11 is 5.89. The number of unbranched alkanes of at least 4 members (excludes halogenated alkanes) is 3. The van der Waals surface area contributed by atoms with Crippen molar-refractivity contribution in [3.05, 3.63) is 12.2 Å². The second-order valence-corrected chi connectivity index (χ2v) is 3.41. The molecule has 0 N–H and O–H groups in total. The Morgan fingerprint density at radius 1 is 1.27 bits per heavy atom. The second-order valence-electron chi connectivity index (χ2n) is 2.85. The summed E-state index contributed by atoms with van der Waals surface area (Å²) in [5.74, 6) is 0. The van der Waals surface area contributed by atoms with E-state index < -0.39 is 0 Å². The average Bonchev–Trinajstić information content (AvgIpc) is 2.04. The molecule has 0 aliphatic rings. The summed E-state index contributed by atoms with van der Waals surface area (Å²) in [6.45, 7) is 4.33. The number of hydrogen-bond donors (Lipinski definition) is 0. The van der Waals surface area contributed by atoms with E-state index in [4.69, 9.17) is 11.6 Å². The van der Waals surface area contributed by atoms with Gasteiger partial charge in [-0.05, 0) is 19.3 Å². The van der Waals surface area contributed by atoms with Crippen LogP contribution in [0.5, 0.6) is 0 Å². The van der Waals surface area contributed by atoms with Crippen LogP contribution in [0, 0.1) is 0 Å². The number of hydrogen-bond acceptors (Lipinski definition) is 0. The third-order valence-electron chi connectivity index (χ3n) is 1.71. The fourth-order valence-electron chi connectivity index (χ4n) is 0.892. The molecule has 0 aromatic carbocycles. The van der Waals surface area contributed by atoms with E-state index in [9.17, 15) is 0 Å². The minimum Gasteiger partial charge on any atom is -0.118 e. The van der Waals surface area contributed by atoms with Crippen LogP contribution in [-0.2, 0) is 0 Å². The van der Waals surface area contributed by atoms with Crippen molar-refractivity contribution in [3.8, 4) is 0 Å². The van der Waals surface area contributed by atoms with Crippen LogP contribution >= 0.6 is 11.6 Å². The Kier molecular flexibility index (Phi) is 8.15. The number of alkyl halides is 1. The van der Waals surface area contributed by atoms with Crippen molar-refractivity contribution >= 4 is 11.6 Å². The van der Waals surface area contributed by atoms with Gasteiger partial charge in [-0.1, -0.05) is 38.8 Å². The lowest BCUT2D eigenvalue weighted by Gasteiger charge is -1.96. The predicted molar refractivity (Wildman–Crippen MR) is 53.2 cm³/mol. The van der Waals surface area contributed by atoms with Crippen molar-refractivity contribution < 1.29 is 0 Å². The van der Waals surface area contributed by atoms with Crippen molar-refractivity contribution in [2.75, 3.05) is 0 Å². The van der Waals surface area contributed by atoms with Gasteiger partial charge in [-0.25, -0.2) is 0 Å². The van der Waals surface area contributed by atoms with Crippen LogP contribution < -0.4 is 0 Å². The molecule has 0 nitrogen and oxygen atoms in total. The van der Waals surface area contributed by atoms with Gasteiger partial charge in [0.05, 0.1) is 5.38 Å². The molecule has 1 unspecified atom stereocenters. The molecule has 0 saturated heterocycles. The third-order valence-corrected chi connectivity index (χ3v) is 2.16. The van der Waals surface area contributed by atoms with Crippen LogP contribution in [0.1, 0.15) is 46.0 Å². The normalized spacial score (nSPS) is 14.1. The standard InChI is InChI=1S/C10H19Cl/c1-3-5-6-7-8-9-10(11)4-2/h8-10H,3-7H2,1-2H3/b9-8+. The summed E-state index contributed by atoms with van der Waals surface area (Å²) in [5, 5.41) is 0.247. The fraction of sp³-hybridized carbons (Fsp3) is 0.800. The van der Waals surface area contributed by atoms with Crippen LogP contribution in [0.25, 0.3) is 0 Å². The van der Waals surface area contributed by atoms with Crippen molar-refractivity contribution in [1.82, 2.24) is 0 Å². The fourth-order valence-corrected chi connectivity index (χ4v) is 0.995. The summed E-state index contributed by atoms with van der Waals surface area (Å²) in [4.78, 5) is 0. The minimum absolute atomic E-state index is 0.247. The molecule has 0 fully saturated rings. The maximum Gasteiger partial charge on any atom is 0.0513 e. The molecular formula is C10H19Cl. The van der Waals surface area contributed by atoms with Crippen LogP contribution in [0.4, 0.5) is 0 Å². The minimum atomic E-state index is 0.247. The molecule has 0 rings (SSSR count). The van der Waals surface area contributed by atoms with E-state index in [0.717, 1.165) is 6.42 Å². The number of halogens is 1. The van der Waals surface area contributed by atoms with Crippen LogP contribution in [0.15, 0.2) is 12.2 Å². The van der Waals surface area contributed by atoms with Crippen LogP contribution in [-0.4, -0.2) is 5.38 Å². The summed E-state index contributed by atoms with van der Waals surface area (Å²) < 4.78 is 0.